The number of guanidine groups is 1. The first-order valence-corrected chi connectivity index (χ1v) is 11.3. The second-order valence-electron chi connectivity index (χ2n) is 7.99. The zero-order valence-electron chi connectivity index (χ0n) is 18.7. The maximum absolute atomic E-state index is 13.2. The van der Waals surface area contributed by atoms with Crippen molar-refractivity contribution in [1.29, 1.82) is 0 Å². The van der Waals surface area contributed by atoms with E-state index < -0.39 is 0 Å². The summed E-state index contributed by atoms with van der Waals surface area (Å²) < 4.78 is 19.2. The lowest BCUT2D eigenvalue weighted by Gasteiger charge is -2.21. The lowest BCUT2D eigenvalue weighted by molar-refractivity contribution is -0.120. The van der Waals surface area contributed by atoms with Crippen LogP contribution in [0.1, 0.15) is 24.5 Å². The Kier molecular flexibility index (Phi) is 9.50. The quantitative estimate of drug-likeness (QED) is 0.339. The Morgan fingerprint density at radius 1 is 1.16 bits per heavy atom. The van der Waals surface area contributed by atoms with E-state index in [1.165, 1.54) is 17.7 Å². The maximum atomic E-state index is 13.2. The highest BCUT2D eigenvalue weighted by Gasteiger charge is 2.25. The Morgan fingerprint density at radius 3 is 2.75 bits per heavy atom. The predicted octanol–water partition coefficient (Wildman–Crippen LogP) is 2.99. The first-order valence-electron chi connectivity index (χ1n) is 11.3. The molecule has 2 aromatic carbocycles. The maximum Gasteiger partial charge on any atom is 0.224 e. The number of rotatable bonds is 10. The van der Waals surface area contributed by atoms with Crippen molar-refractivity contribution in [3.05, 3.63) is 71.5 Å². The molecule has 0 radical (unpaired) electrons. The molecule has 0 spiro atoms. The van der Waals surface area contributed by atoms with E-state index in [9.17, 15) is 9.18 Å². The van der Waals surface area contributed by atoms with Crippen molar-refractivity contribution in [2.75, 3.05) is 39.3 Å². The molecule has 1 amide bonds. The van der Waals surface area contributed by atoms with E-state index in [4.69, 9.17) is 4.74 Å². The van der Waals surface area contributed by atoms with Gasteiger partial charge in [-0.15, -0.1) is 0 Å². The number of carbonyl (C=O) groups is 1. The third kappa shape index (κ3) is 7.96. The average molecular weight is 441 g/mol. The fourth-order valence-electron chi connectivity index (χ4n) is 3.76. The lowest BCUT2D eigenvalue weighted by atomic mass is 10.1. The highest BCUT2D eigenvalue weighted by molar-refractivity contribution is 5.80. The van der Waals surface area contributed by atoms with Crippen molar-refractivity contribution in [2.24, 2.45) is 10.9 Å². The Morgan fingerprint density at radius 2 is 1.97 bits per heavy atom. The number of likely N-dealkylation sites (tertiary alicyclic amines) is 1. The first kappa shape index (κ1) is 23.7. The minimum Gasteiger partial charge on any atom is -0.376 e. The number of benzene rings is 2. The van der Waals surface area contributed by atoms with E-state index in [0.29, 0.717) is 31.2 Å². The lowest BCUT2D eigenvalue weighted by Crippen LogP contribution is -2.41. The zero-order chi connectivity index (χ0) is 22.6. The molecule has 0 aromatic heterocycles. The number of nitrogens with zero attached hydrogens (tertiary/aromatic N) is 2. The normalized spacial score (nSPS) is 16.2. The molecule has 1 fully saturated rings. The standard InChI is InChI=1S/C25H33FN4O2/c1-2-27-25(29-13-12-28-24(31)16-21-9-6-10-23(26)15-21)30-14-11-22(17-30)19-32-18-20-7-4-3-5-8-20/h3-10,15,22H,2,11-14,16-19H2,1H3,(H,27,29)(H,28,31). The molecule has 1 unspecified atom stereocenters. The van der Waals surface area contributed by atoms with Gasteiger partial charge < -0.3 is 20.3 Å². The molecule has 0 aliphatic carbocycles. The van der Waals surface area contributed by atoms with Crippen LogP contribution < -0.4 is 10.6 Å². The van der Waals surface area contributed by atoms with E-state index in [2.05, 4.69) is 32.7 Å². The Bertz CT molecular complexity index is 875. The minimum absolute atomic E-state index is 0.132. The van der Waals surface area contributed by atoms with Crippen LogP contribution in [-0.4, -0.2) is 56.1 Å². The highest BCUT2D eigenvalue weighted by Crippen LogP contribution is 2.17. The van der Waals surface area contributed by atoms with E-state index in [1.807, 2.05) is 25.1 Å². The van der Waals surface area contributed by atoms with Crippen molar-refractivity contribution >= 4 is 11.9 Å². The van der Waals surface area contributed by atoms with Crippen LogP contribution in [-0.2, 0) is 22.6 Å². The minimum atomic E-state index is -0.329. The molecule has 0 bridgehead atoms. The number of nitrogens with one attached hydrogen (secondary N) is 2. The second-order valence-corrected chi connectivity index (χ2v) is 7.99. The number of carbonyl (C=O) groups excluding carboxylic acids is 1. The zero-order valence-corrected chi connectivity index (χ0v) is 18.7. The summed E-state index contributed by atoms with van der Waals surface area (Å²) in [5.74, 6) is 0.892. The van der Waals surface area contributed by atoms with Gasteiger partial charge in [0, 0.05) is 32.1 Å². The molecule has 0 saturated carbocycles. The van der Waals surface area contributed by atoms with E-state index >= 15 is 0 Å². The van der Waals surface area contributed by atoms with Crippen LogP contribution in [0, 0.1) is 11.7 Å². The Labute approximate surface area is 189 Å². The highest BCUT2D eigenvalue weighted by atomic mass is 19.1. The van der Waals surface area contributed by atoms with Crippen LogP contribution in [0.3, 0.4) is 0 Å². The SMILES string of the molecule is CCNC(=NCCNC(=O)Cc1cccc(F)c1)N1CCC(COCc2ccccc2)C1. The van der Waals surface area contributed by atoms with Crippen LogP contribution in [0.5, 0.6) is 0 Å². The van der Waals surface area contributed by atoms with Crippen molar-refractivity contribution in [3.8, 4) is 0 Å². The smallest absolute Gasteiger partial charge is 0.224 e. The molecule has 1 aliphatic heterocycles. The van der Waals surface area contributed by atoms with Gasteiger partial charge in [0.05, 0.1) is 26.2 Å². The van der Waals surface area contributed by atoms with Crippen molar-refractivity contribution < 1.29 is 13.9 Å². The molecule has 2 N–H and O–H groups in total. The van der Waals surface area contributed by atoms with Crippen molar-refractivity contribution in [3.63, 3.8) is 0 Å². The monoisotopic (exact) mass is 440 g/mol. The number of hydrogen-bond acceptors (Lipinski definition) is 3. The van der Waals surface area contributed by atoms with E-state index in [1.54, 1.807) is 12.1 Å². The van der Waals surface area contributed by atoms with Crippen molar-refractivity contribution in [1.82, 2.24) is 15.5 Å². The summed E-state index contributed by atoms with van der Waals surface area (Å²) in [6, 6.07) is 16.3. The van der Waals surface area contributed by atoms with Gasteiger partial charge in [-0.25, -0.2) is 4.39 Å². The summed E-state index contributed by atoms with van der Waals surface area (Å²) in [5, 5.41) is 6.20. The fraction of sp³-hybridized carbons (Fsp3) is 0.440. The molecule has 32 heavy (non-hydrogen) atoms. The van der Waals surface area contributed by atoms with E-state index in [-0.39, 0.29) is 18.1 Å². The van der Waals surface area contributed by atoms with Crippen LogP contribution in [0.25, 0.3) is 0 Å². The van der Waals surface area contributed by atoms with E-state index in [0.717, 1.165) is 38.6 Å². The van der Waals surface area contributed by atoms with Crippen LogP contribution in [0.2, 0.25) is 0 Å². The third-order valence-electron chi connectivity index (χ3n) is 5.33. The number of amides is 1. The molecule has 1 saturated heterocycles. The third-order valence-corrected chi connectivity index (χ3v) is 5.33. The average Bonchev–Trinajstić information content (AvgIpc) is 3.25. The summed E-state index contributed by atoms with van der Waals surface area (Å²) in [6.45, 7) is 7.00. The topological polar surface area (TPSA) is 66.0 Å². The van der Waals surface area contributed by atoms with Gasteiger partial charge in [-0.1, -0.05) is 42.5 Å². The van der Waals surface area contributed by atoms with Gasteiger partial charge in [0.15, 0.2) is 5.96 Å². The molecule has 7 heteroatoms. The molecule has 2 aromatic rings. The van der Waals surface area contributed by atoms with Crippen LogP contribution in [0.15, 0.2) is 59.6 Å². The van der Waals surface area contributed by atoms with Gasteiger partial charge in [-0.2, -0.15) is 0 Å². The molecule has 1 heterocycles. The largest absolute Gasteiger partial charge is 0.376 e. The summed E-state index contributed by atoms with van der Waals surface area (Å²) in [6.07, 6.45) is 1.24. The van der Waals surface area contributed by atoms with Gasteiger partial charge in [0.25, 0.3) is 0 Å². The summed E-state index contributed by atoms with van der Waals surface area (Å²) in [5.41, 5.74) is 1.86. The van der Waals surface area contributed by atoms with Gasteiger partial charge in [-0.05, 0) is 36.6 Å². The number of ether oxygens (including phenoxy) is 1. The first-order chi connectivity index (χ1) is 15.6. The molecular weight excluding hydrogens is 407 g/mol. The van der Waals surface area contributed by atoms with Crippen LogP contribution >= 0.6 is 0 Å². The summed E-state index contributed by atoms with van der Waals surface area (Å²) in [4.78, 5) is 19.0. The summed E-state index contributed by atoms with van der Waals surface area (Å²) in [7, 11) is 0. The van der Waals surface area contributed by atoms with Gasteiger partial charge in [0.2, 0.25) is 5.91 Å². The molecule has 1 aliphatic rings. The summed E-state index contributed by atoms with van der Waals surface area (Å²) >= 11 is 0. The Balaban J connectivity index is 1.38. The molecular formula is C25H33FN4O2. The Hall–Kier alpha value is -2.93. The number of aliphatic imine (C=N–C) groups is 1. The molecule has 3 rings (SSSR count). The fourth-order valence-corrected chi connectivity index (χ4v) is 3.76. The number of halogens is 1. The van der Waals surface area contributed by atoms with Crippen molar-refractivity contribution in [2.45, 2.75) is 26.4 Å². The van der Waals surface area contributed by atoms with Gasteiger partial charge >= 0.3 is 0 Å². The van der Waals surface area contributed by atoms with Crippen LogP contribution in [0.4, 0.5) is 4.39 Å². The van der Waals surface area contributed by atoms with Gasteiger partial charge in [-0.3, -0.25) is 9.79 Å². The predicted molar refractivity (Wildman–Crippen MR) is 125 cm³/mol. The van der Waals surface area contributed by atoms with Gasteiger partial charge in [0.1, 0.15) is 5.82 Å². The number of hydrogen-bond donors (Lipinski definition) is 2. The molecule has 6 nitrogen and oxygen atoms in total. The second kappa shape index (κ2) is 12.8. The molecule has 172 valence electrons. The molecule has 1 atom stereocenters.